The van der Waals surface area contributed by atoms with Gasteiger partial charge in [0.05, 0.1) is 6.61 Å². The number of piperazine rings is 1. The number of amides is 1. The van der Waals surface area contributed by atoms with Crippen LogP contribution in [-0.2, 0) is 4.74 Å². The van der Waals surface area contributed by atoms with Crippen molar-refractivity contribution in [2.24, 2.45) is 10.9 Å². The molecule has 1 amide bonds. The zero-order valence-corrected chi connectivity index (χ0v) is 18.2. The molecule has 25 heavy (non-hydrogen) atoms. The monoisotopic (exact) mass is 467 g/mol. The highest BCUT2D eigenvalue weighted by atomic mass is 127. The van der Waals surface area contributed by atoms with E-state index in [-0.39, 0.29) is 30.1 Å². The van der Waals surface area contributed by atoms with Crippen LogP contribution in [0.4, 0.5) is 4.79 Å². The predicted molar refractivity (Wildman–Crippen MR) is 112 cm³/mol. The number of halogens is 1. The van der Waals surface area contributed by atoms with Gasteiger partial charge >= 0.3 is 6.09 Å². The number of rotatable bonds is 4. The molecule has 7 nitrogen and oxygen atoms in total. The van der Waals surface area contributed by atoms with Gasteiger partial charge in [-0.2, -0.15) is 0 Å². The van der Waals surface area contributed by atoms with Crippen LogP contribution in [0.2, 0.25) is 0 Å². The molecule has 2 fully saturated rings. The number of likely N-dealkylation sites (tertiary alicyclic amines) is 1. The Kier molecular flexibility index (Phi) is 10.5. The van der Waals surface area contributed by atoms with Crippen LogP contribution in [0.3, 0.4) is 0 Å². The predicted octanol–water partition coefficient (Wildman–Crippen LogP) is 1.69. The number of carbonyl (C=O) groups excluding carboxylic acids is 1. The Bertz CT molecular complexity index is 427. The molecule has 0 aromatic rings. The minimum Gasteiger partial charge on any atom is -0.450 e. The lowest BCUT2D eigenvalue weighted by Gasteiger charge is -2.36. The van der Waals surface area contributed by atoms with Gasteiger partial charge in [0.1, 0.15) is 0 Å². The number of guanidine groups is 1. The van der Waals surface area contributed by atoms with E-state index in [1.54, 1.807) is 4.90 Å². The van der Waals surface area contributed by atoms with Crippen molar-refractivity contribution in [3.8, 4) is 0 Å². The molecule has 0 aliphatic carbocycles. The van der Waals surface area contributed by atoms with Gasteiger partial charge in [-0.15, -0.1) is 24.0 Å². The molecule has 0 saturated carbocycles. The zero-order chi connectivity index (χ0) is 17.4. The lowest BCUT2D eigenvalue weighted by atomic mass is 10.0. The molecule has 0 spiro atoms. The van der Waals surface area contributed by atoms with E-state index >= 15 is 0 Å². The second-order valence-electron chi connectivity index (χ2n) is 6.70. The van der Waals surface area contributed by atoms with E-state index in [1.165, 1.54) is 25.9 Å². The van der Waals surface area contributed by atoms with E-state index in [0.29, 0.717) is 19.7 Å². The third kappa shape index (κ3) is 7.16. The van der Waals surface area contributed by atoms with E-state index in [1.807, 2.05) is 14.0 Å². The number of ether oxygens (including phenoxy) is 1. The Morgan fingerprint density at radius 3 is 2.48 bits per heavy atom. The van der Waals surface area contributed by atoms with Gasteiger partial charge in [0, 0.05) is 52.9 Å². The fourth-order valence-electron chi connectivity index (χ4n) is 3.46. The largest absolute Gasteiger partial charge is 0.450 e. The minimum atomic E-state index is -0.209. The molecule has 8 heteroatoms. The molecular formula is C17H34IN5O2. The molecule has 2 rings (SSSR count). The molecule has 0 radical (unpaired) electrons. The molecule has 0 aromatic heterocycles. The summed E-state index contributed by atoms with van der Waals surface area (Å²) in [5.41, 5.74) is 0. The average molecular weight is 467 g/mol. The highest BCUT2D eigenvalue weighted by molar-refractivity contribution is 14.0. The first-order chi connectivity index (χ1) is 11.6. The van der Waals surface area contributed by atoms with Crippen molar-refractivity contribution in [2.45, 2.75) is 26.7 Å². The Hall–Kier alpha value is -0.770. The van der Waals surface area contributed by atoms with E-state index in [0.717, 1.165) is 38.1 Å². The summed E-state index contributed by atoms with van der Waals surface area (Å²) < 4.78 is 5.06. The maximum absolute atomic E-state index is 11.8. The summed E-state index contributed by atoms with van der Waals surface area (Å²) in [5.74, 6) is 1.75. The lowest BCUT2D eigenvalue weighted by Crippen LogP contribution is -2.54. The van der Waals surface area contributed by atoms with Crippen LogP contribution in [0.1, 0.15) is 26.7 Å². The zero-order valence-electron chi connectivity index (χ0n) is 15.9. The van der Waals surface area contributed by atoms with Gasteiger partial charge in [0.15, 0.2) is 5.96 Å². The summed E-state index contributed by atoms with van der Waals surface area (Å²) in [6.45, 7) is 11.9. The lowest BCUT2D eigenvalue weighted by molar-refractivity contribution is 0.0914. The molecule has 0 aromatic carbocycles. The van der Waals surface area contributed by atoms with E-state index in [9.17, 15) is 4.79 Å². The fraction of sp³-hybridized carbons (Fsp3) is 0.882. The maximum Gasteiger partial charge on any atom is 0.409 e. The molecule has 2 heterocycles. The van der Waals surface area contributed by atoms with Crippen molar-refractivity contribution in [1.82, 2.24) is 20.0 Å². The van der Waals surface area contributed by atoms with E-state index in [2.05, 4.69) is 27.0 Å². The first-order valence-corrected chi connectivity index (χ1v) is 9.23. The first kappa shape index (κ1) is 22.3. The van der Waals surface area contributed by atoms with E-state index in [4.69, 9.17) is 4.74 Å². The van der Waals surface area contributed by atoms with Gasteiger partial charge in [0.25, 0.3) is 0 Å². The smallest absolute Gasteiger partial charge is 0.409 e. The fourth-order valence-corrected chi connectivity index (χ4v) is 3.46. The third-order valence-electron chi connectivity index (χ3n) is 4.77. The molecule has 2 aliphatic heterocycles. The Morgan fingerprint density at radius 2 is 1.88 bits per heavy atom. The Morgan fingerprint density at radius 1 is 1.20 bits per heavy atom. The summed E-state index contributed by atoms with van der Waals surface area (Å²) in [6.07, 6.45) is 2.46. The first-order valence-electron chi connectivity index (χ1n) is 9.23. The van der Waals surface area contributed by atoms with E-state index < -0.39 is 0 Å². The number of nitrogens with one attached hydrogen (secondary N) is 1. The SMILES string of the molecule is CCOC(=O)N1CCN(C(=NC)NCCN2CCCC(C)C2)CC1.I. The average Bonchev–Trinajstić information content (AvgIpc) is 2.59. The number of hydrogen-bond acceptors (Lipinski definition) is 4. The molecule has 2 aliphatic rings. The molecule has 0 bridgehead atoms. The van der Waals surface area contributed by atoms with Crippen LogP contribution in [0, 0.1) is 5.92 Å². The quantitative estimate of drug-likeness (QED) is 0.388. The molecular weight excluding hydrogens is 433 g/mol. The van der Waals surface area contributed by atoms with Crippen LogP contribution in [0.15, 0.2) is 4.99 Å². The van der Waals surface area contributed by atoms with Crippen molar-refractivity contribution < 1.29 is 9.53 Å². The highest BCUT2D eigenvalue weighted by Crippen LogP contribution is 2.14. The van der Waals surface area contributed by atoms with Crippen LogP contribution in [-0.4, -0.2) is 92.8 Å². The summed E-state index contributed by atoms with van der Waals surface area (Å²) >= 11 is 0. The number of piperidine rings is 1. The standard InChI is InChI=1S/C17H33N5O2.HI/c1-4-24-17(23)22-12-10-21(11-13-22)16(18-3)19-7-9-20-8-5-6-15(2)14-20;/h15H,4-14H2,1-3H3,(H,18,19);1H. The van der Waals surface area contributed by atoms with Gasteiger partial charge in [-0.3, -0.25) is 4.99 Å². The van der Waals surface area contributed by atoms with Crippen molar-refractivity contribution in [1.29, 1.82) is 0 Å². The number of nitrogens with zero attached hydrogens (tertiary/aromatic N) is 4. The van der Waals surface area contributed by atoms with Crippen molar-refractivity contribution in [3.63, 3.8) is 0 Å². The van der Waals surface area contributed by atoms with Crippen LogP contribution >= 0.6 is 24.0 Å². The second kappa shape index (κ2) is 11.8. The number of aliphatic imine (C=N–C) groups is 1. The topological polar surface area (TPSA) is 60.4 Å². The van der Waals surface area contributed by atoms with Crippen molar-refractivity contribution in [3.05, 3.63) is 0 Å². The van der Waals surface area contributed by atoms with Crippen molar-refractivity contribution >= 4 is 36.0 Å². The Balaban J connectivity index is 0.00000312. The second-order valence-corrected chi connectivity index (χ2v) is 6.70. The maximum atomic E-state index is 11.8. The van der Waals surface area contributed by atoms with Gasteiger partial charge in [0.2, 0.25) is 0 Å². The Labute approximate surface area is 169 Å². The molecule has 146 valence electrons. The van der Waals surface area contributed by atoms with Crippen molar-refractivity contribution in [2.75, 3.05) is 66.0 Å². The molecule has 1 atom stereocenters. The molecule has 1 N–H and O–H groups in total. The third-order valence-corrected chi connectivity index (χ3v) is 4.77. The minimum absolute atomic E-state index is 0. The van der Waals surface area contributed by atoms with Crippen LogP contribution in [0.5, 0.6) is 0 Å². The van der Waals surface area contributed by atoms with Gasteiger partial charge in [-0.25, -0.2) is 4.79 Å². The molecule has 1 unspecified atom stereocenters. The van der Waals surface area contributed by atoms with Gasteiger partial charge in [-0.05, 0) is 32.2 Å². The summed E-state index contributed by atoms with van der Waals surface area (Å²) in [5, 5.41) is 3.47. The number of hydrogen-bond donors (Lipinski definition) is 1. The van der Waals surface area contributed by atoms with Gasteiger partial charge in [-0.1, -0.05) is 6.92 Å². The summed E-state index contributed by atoms with van der Waals surface area (Å²) in [6, 6.07) is 0. The summed E-state index contributed by atoms with van der Waals surface area (Å²) in [7, 11) is 1.82. The summed E-state index contributed by atoms with van der Waals surface area (Å²) in [4.78, 5) is 22.7. The number of carbonyl (C=O) groups is 1. The normalized spacial score (nSPS) is 22.4. The molecule has 2 saturated heterocycles. The van der Waals surface area contributed by atoms with Gasteiger partial charge < -0.3 is 24.8 Å². The van der Waals surface area contributed by atoms with Crippen LogP contribution < -0.4 is 5.32 Å². The highest BCUT2D eigenvalue weighted by Gasteiger charge is 2.23. The van der Waals surface area contributed by atoms with Crippen LogP contribution in [0.25, 0.3) is 0 Å².